The number of aromatic nitrogens is 1. The summed E-state index contributed by atoms with van der Waals surface area (Å²) in [5.74, 6) is 1.76. The van der Waals surface area contributed by atoms with Gasteiger partial charge in [-0.25, -0.2) is 0 Å². The van der Waals surface area contributed by atoms with Crippen LogP contribution < -0.4 is 4.74 Å². The summed E-state index contributed by atoms with van der Waals surface area (Å²) in [6.45, 7) is 4.19. The molecule has 0 aliphatic carbocycles. The van der Waals surface area contributed by atoms with Crippen LogP contribution >= 0.6 is 0 Å². The van der Waals surface area contributed by atoms with Crippen LogP contribution in [-0.4, -0.2) is 4.98 Å². The third kappa shape index (κ3) is 3.03. The van der Waals surface area contributed by atoms with Crippen molar-refractivity contribution in [2.24, 2.45) is 0 Å². The van der Waals surface area contributed by atoms with Crippen molar-refractivity contribution in [3.05, 3.63) is 102 Å². The van der Waals surface area contributed by atoms with Crippen molar-refractivity contribution in [3.63, 3.8) is 0 Å². The maximum Gasteiger partial charge on any atom is 0.143 e. The highest BCUT2D eigenvalue weighted by molar-refractivity contribution is 6.16. The van der Waals surface area contributed by atoms with Gasteiger partial charge in [-0.3, -0.25) is 4.98 Å². The molecule has 2 heteroatoms. The zero-order valence-corrected chi connectivity index (χ0v) is 16.5. The first-order valence-corrected chi connectivity index (χ1v) is 9.81. The van der Waals surface area contributed by atoms with Gasteiger partial charge in [-0.2, -0.15) is 0 Å². The van der Waals surface area contributed by atoms with E-state index in [1.807, 2.05) is 24.5 Å². The van der Waals surface area contributed by atoms with Crippen molar-refractivity contribution in [2.45, 2.75) is 13.8 Å². The number of fused-ring (bicyclic) bond motifs is 2. The predicted octanol–water partition coefficient (Wildman–Crippen LogP) is 7.46. The van der Waals surface area contributed by atoms with Crippen molar-refractivity contribution in [2.75, 3.05) is 0 Å². The molecule has 0 fully saturated rings. The van der Waals surface area contributed by atoms with E-state index in [9.17, 15) is 0 Å². The highest BCUT2D eigenvalue weighted by Gasteiger charge is 2.17. The molecule has 4 aromatic carbocycles. The predicted molar refractivity (Wildman–Crippen MR) is 121 cm³/mol. The largest absolute Gasteiger partial charge is 0.456 e. The molecule has 0 spiro atoms. The summed E-state index contributed by atoms with van der Waals surface area (Å²) in [6.07, 6.45) is 3.78. The summed E-state index contributed by atoms with van der Waals surface area (Å²) < 4.78 is 6.55. The number of nitrogens with zero attached hydrogens (tertiary/aromatic N) is 1. The van der Waals surface area contributed by atoms with Gasteiger partial charge in [0.25, 0.3) is 0 Å². The number of ether oxygens (including phenoxy) is 1. The molecule has 0 aliphatic heterocycles. The molecule has 0 radical (unpaired) electrons. The molecular weight excluding hydrogens is 354 g/mol. The fraction of sp³-hybridized carbons (Fsp3) is 0.0741. The Labute approximate surface area is 170 Å². The maximum absolute atomic E-state index is 6.55. The van der Waals surface area contributed by atoms with E-state index < -0.39 is 0 Å². The summed E-state index contributed by atoms with van der Waals surface area (Å²) in [5.41, 5.74) is 4.73. The molecule has 140 valence electrons. The lowest BCUT2D eigenvalue weighted by Crippen LogP contribution is -1.94. The molecule has 0 amide bonds. The van der Waals surface area contributed by atoms with Crippen LogP contribution in [-0.2, 0) is 0 Å². The smallest absolute Gasteiger partial charge is 0.143 e. The molecule has 5 aromatic rings. The van der Waals surface area contributed by atoms with Crippen molar-refractivity contribution in [3.8, 4) is 22.6 Å². The Balaban J connectivity index is 1.85. The van der Waals surface area contributed by atoms with E-state index in [1.54, 1.807) is 0 Å². The number of pyridine rings is 1. The van der Waals surface area contributed by atoms with Crippen LogP contribution in [0.4, 0.5) is 0 Å². The van der Waals surface area contributed by atoms with E-state index >= 15 is 0 Å². The molecule has 1 heterocycles. The number of benzene rings is 4. The van der Waals surface area contributed by atoms with Gasteiger partial charge in [0.2, 0.25) is 0 Å². The molecule has 0 unspecified atom stereocenters. The second kappa shape index (κ2) is 7.06. The molecule has 29 heavy (non-hydrogen) atoms. The number of hydrogen-bond acceptors (Lipinski definition) is 2. The molecule has 5 rings (SSSR count). The standard InChI is InChI=1S/C27H21NO/c1-18-12-13-25(19(2)16-18)29-27-22-11-7-6-10-21(22)26(20-8-4-3-5-9-20)24-17-28-15-14-23(24)27/h3-17H,1-2H3. The van der Waals surface area contributed by atoms with Gasteiger partial charge in [-0.1, -0.05) is 72.3 Å². The fourth-order valence-corrected chi connectivity index (χ4v) is 4.03. The van der Waals surface area contributed by atoms with Crippen LogP contribution in [0.2, 0.25) is 0 Å². The average Bonchev–Trinajstić information content (AvgIpc) is 2.76. The topological polar surface area (TPSA) is 22.1 Å². The molecule has 0 saturated carbocycles. The molecule has 2 nitrogen and oxygen atoms in total. The van der Waals surface area contributed by atoms with Crippen LogP contribution in [0.5, 0.6) is 11.5 Å². The molecule has 0 aliphatic rings. The second-order valence-corrected chi connectivity index (χ2v) is 7.41. The van der Waals surface area contributed by atoms with E-state index in [0.717, 1.165) is 33.2 Å². The number of hydrogen-bond donors (Lipinski definition) is 0. The Morgan fingerprint density at radius 3 is 2.21 bits per heavy atom. The number of aryl methyl sites for hydroxylation is 2. The monoisotopic (exact) mass is 375 g/mol. The van der Waals surface area contributed by atoms with E-state index in [1.165, 1.54) is 22.1 Å². The van der Waals surface area contributed by atoms with Crippen molar-refractivity contribution in [1.29, 1.82) is 0 Å². The molecule has 0 bridgehead atoms. The summed E-state index contributed by atoms with van der Waals surface area (Å²) in [4.78, 5) is 4.43. The lowest BCUT2D eigenvalue weighted by molar-refractivity contribution is 0.489. The SMILES string of the molecule is Cc1ccc(Oc2c3ccccc3c(-c3ccccc3)c3cnccc23)c(C)c1. The first kappa shape index (κ1) is 17.4. The second-order valence-electron chi connectivity index (χ2n) is 7.41. The minimum Gasteiger partial charge on any atom is -0.456 e. The molecule has 0 N–H and O–H groups in total. The zero-order valence-electron chi connectivity index (χ0n) is 16.5. The Kier molecular flexibility index (Phi) is 4.25. The van der Waals surface area contributed by atoms with Gasteiger partial charge in [0.1, 0.15) is 11.5 Å². The van der Waals surface area contributed by atoms with Crippen LogP contribution in [0.25, 0.3) is 32.7 Å². The average molecular weight is 375 g/mol. The Hall–Kier alpha value is -3.65. The lowest BCUT2D eigenvalue weighted by atomic mass is 9.92. The Bertz CT molecular complexity index is 1280. The van der Waals surface area contributed by atoms with Gasteiger partial charge in [-0.05, 0) is 48.1 Å². The molecule has 0 atom stereocenters. The molecular formula is C27H21NO. The third-order valence-corrected chi connectivity index (χ3v) is 5.38. The van der Waals surface area contributed by atoms with Gasteiger partial charge in [0, 0.05) is 28.6 Å². The molecule has 1 aromatic heterocycles. The van der Waals surface area contributed by atoms with E-state index in [0.29, 0.717) is 0 Å². The van der Waals surface area contributed by atoms with E-state index in [-0.39, 0.29) is 0 Å². The Morgan fingerprint density at radius 2 is 1.41 bits per heavy atom. The van der Waals surface area contributed by atoms with Gasteiger partial charge in [0.15, 0.2) is 0 Å². The van der Waals surface area contributed by atoms with Crippen molar-refractivity contribution < 1.29 is 4.74 Å². The van der Waals surface area contributed by atoms with E-state index in [4.69, 9.17) is 4.74 Å². The van der Waals surface area contributed by atoms with Gasteiger partial charge >= 0.3 is 0 Å². The summed E-state index contributed by atoms with van der Waals surface area (Å²) in [5, 5.41) is 4.43. The number of rotatable bonds is 3. The van der Waals surface area contributed by atoms with Gasteiger partial charge < -0.3 is 4.74 Å². The van der Waals surface area contributed by atoms with Gasteiger partial charge in [0.05, 0.1) is 0 Å². The quantitative estimate of drug-likeness (QED) is 0.305. The summed E-state index contributed by atoms with van der Waals surface area (Å²) in [7, 11) is 0. The summed E-state index contributed by atoms with van der Waals surface area (Å²) >= 11 is 0. The molecule has 0 saturated heterocycles. The fourth-order valence-electron chi connectivity index (χ4n) is 4.03. The highest BCUT2D eigenvalue weighted by atomic mass is 16.5. The van der Waals surface area contributed by atoms with Crippen molar-refractivity contribution in [1.82, 2.24) is 4.98 Å². The van der Waals surface area contributed by atoms with Crippen LogP contribution in [0, 0.1) is 13.8 Å². The normalized spacial score (nSPS) is 11.1. The first-order chi connectivity index (χ1) is 14.2. The maximum atomic E-state index is 6.55. The zero-order chi connectivity index (χ0) is 19.8. The van der Waals surface area contributed by atoms with Gasteiger partial charge in [-0.15, -0.1) is 0 Å². The van der Waals surface area contributed by atoms with Crippen molar-refractivity contribution >= 4 is 21.5 Å². The highest BCUT2D eigenvalue weighted by Crippen LogP contribution is 2.44. The van der Waals surface area contributed by atoms with Crippen LogP contribution in [0.1, 0.15) is 11.1 Å². The van der Waals surface area contributed by atoms with E-state index in [2.05, 4.69) is 85.6 Å². The first-order valence-electron chi connectivity index (χ1n) is 9.81. The Morgan fingerprint density at radius 1 is 0.690 bits per heavy atom. The summed E-state index contributed by atoms with van der Waals surface area (Å²) in [6, 6.07) is 27.3. The minimum atomic E-state index is 0.879. The third-order valence-electron chi connectivity index (χ3n) is 5.38. The lowest BCUT2D eigenvalue weighted by Gasteiger charge is -2.18. The minimum absolute atomic E-state index is 0.879. The van der Waals surface area contributed by atoms with Crippen LogP contribution in [0.3, 0.4) is 0 Å². The van der Waals surface area contributed by atoms with Crippen LogP contribution in [0.15, 0.2) is 91.3 Å².